The minimum atomic E-state index is -0.398. The minimum Gasteiger partial charge on any atom is -0.457 e. The van der Waals surface area contributed by atoms with Crippen LogP contribution >= 0.6 is 0 Å². The largest absolute Gasteiger partial charge is 0.457 e. The molecular formula is C74H78N4O. The van der Waals surface area contributed by atoms with Gasteiger partial charge in [-0.2, -0.15) is 0 Å². The molecule has 8 aromatic carbocycles. The first-order valence-corrected chi connectivity index (χ1v) is 28.5. The molecule has 5 heteroatoms. The van der Waals surface area contributed by atoms with Crippen molar-refractivity contribution in [1.82, 2.24) is 9.55 Å². The molecule has 0 saturated heterocycles. The van der Waals surface area contributed by atoms with E-state index in [0.717, 1.165) is 39.7 Å². The summed E-state index contributed by atoms with van der Waals surface area (Å²) in [5, 5.41) is 2.38. The zero-order valence-electron chi connectivity index (χ0n) is 49.0. The number of anilines is 4. The van der Waals surface area contributed by atoms with Crippen molar-refractivity contribution in [3.05, 3.63) is 239 Å². The lowest BCUT2D eigenvalue weighted by molar-refractivity contribution is 0.477. The van der Waals surface area contributed by atoms with Gasteiger partial charge >= 0.3 is 0 Å². The van der Waals surface area contributed by atoms with Crippen LogP contribution < -0.4 is 14.5 Å². The van der Waals surface area contributed by atoms with Gasteiger partial charge in [0.15, 0.2) is 0 Å². The Labute approximate surface area is 470 Å². The molecule has 79 heavy (non-hydrogen) atoms. The van der Waals surface area contributed by atoms with Crippen LogP contribution in [0.5, 0.6) is 11.5 Å². The third kappa shape index (κ3) is 9.81. The van der Waals surface area contributed by atoms with E-state index in [-0.39, 0.29) is 16.2 Å². The zero-order valence-corrected chi connectivity index (χ0v) is 49.0. The molecule has 3 heterocycles. The van der Waals surface area contributed by atoms with E-state index in [1.54, 1.807) is 0 Å². The molecule has 400 valence electrons. The van der Waals surface area contributed by atoms with Crippen molar-refractivity contribution in [2.45, 2.75) is 130 Å². The van der Waals surface area contributed by atoms with Crippen LogP contribution in [0.1, 0.15) is 153 Å². The summed E-state index contributed by atoms with van der Waals surface area (Å²) in [6.45, 7) is 32.9. The quantitative estimate of drug-likeness (QED) is 0.122. The highest BCUT2D eigenvalue weighted by Gasteiger charge is 2.34. The molecule has 1 aliphatic rings. The Bertz CT molecular complexity index is 3860. The molecule has 0 atom stereocenters. The van der Waals surface area contributed by atoms with Crippen molar-refractivity contribution in [2.24, 2.45) is 0 Å². The van der Waals surface area contributed by atoms with E-state index in [2.05, 4.69) is 299 Å². The fourth-order valence-electron chi connectivity index (χ4n) is 12.1. The van der Waals surface area contributed by atoms with Crippen molar-refractivity contribution < 1.29 is 4.74 Å². The first-order valence-electron chi connectivity index (χ1n) is 28.5. The maximum atomic E-state index is 7.46. The first-order chi connectivity index (χ1) is 37.6. The molecule has 1 aliphatic heterocycles. The number of nitrogens with zero attached hydrogens (tertiary/aromatic N) is 4. The highest BCUT2D eigenvalue weighted by atomic mass is 16.5. The Morgan fingerprint density at radius 3 is 1.68 bits per heavy atom. The van der Waals surface area contributed by atoms with Crippen molar-refractivity contribution in [3.63, 3.8) is 0 Å². The smallest absolute Gasteiger partial charge is 0.137 e. The summed E-state index contributed by atoms with van der Waals surface area (Å²) in [5.41, 5.74) is 18.6. The maximum absolute atomic E-state index is 7.46. The van der Waals surface area contributed by atoms with Gasteiger partial charge < -0.3 is 14.5 Å². The Balaban J connectivity index is 1.11. The number of para-hydroxylation sites is 1. The monoisotopic (exact) mass is 1040 g/mol. The lowest BCUT2D eigenvalue weighted by Gasteiger charge is -2.29. The van der Waals surface area contributed by atoms with E-state index >= 15 is 0 Å². The molecule has 0 spiro atoms. The lowest BCUT2D eigenvalue weighted by atomic mass is 9.76. The van der Waals surface area contributed by atoms with Crippen molar-refractivity contribution >= 4 is 44.6 Å². The molecule has 0 radical (unpaired) electrons. The third-order valence-electron chi connectivity index (χ3n) is 16.9. The number of rotatable bonds is 12. The van der Waals surface area contributed by atoms with Crippen molar-refractivity contribution in [2.75, 3.05) is 16.5 Å². The fourth-order valence-corrected chi connectivity index (χ4v) is 12.1. The van der Waals surface area contributed by atoms with E-state index in [1.807, 2.05) is 6.20 Å². The Hall–Kier alpha value is -7.89. The summed E-state index contributed by atoms with van der Waals surface area (Å²) in [4.78, 5) is 10.1. The molecule has 10 aromatic rings. The van der Waals surface area contributed by atoms with Gasteiger partial charge in [-0.05, 0) is 139 Å². The van der Waals surface area contributed by atoms with Crippen LogP contribution in [0.15, 0.2) is 194 Å². The summed E-state index contributed by atoms with van der Waals surface area (Å²) in [6, 6.07) is 69.7. The number of ether oxygens (including phenoxy) is 1. The van der Waals surface area contributed by atoms with Crippen LogP contribution in [0.4, 0.5) is 22.7 Å². The molecule has 0 unspecified atom stereocenters. The van der Waals surface area contributed by atoms with Crippen LogP contribution in [0.3, 0.4) is 0 Å². The van der Waals surface area contributed by atoms with Crippen LogP contribution in [0.2, 0.25) is 0 Å². The number of hydrogen-bond donors (Lipinski definition) is 0. The van der Waals surface area contributed by atoms with Crippen LogP contribution in [-0.4, -0.2) is 16.2 Å². The number of pyridine rings is 1. The van der Waals surface area contributed by atoms with Gasteiger partial charge in [-0.25, -0.2) is 4.98 Å². The second-order valence-electron chi connectivity index (χ2n) is 25.8. The van der Waals surface area contributed by atoms with Gasteiger partial charge in [0.05, 0.1) is 22.4 Å². The van der Waals surface area contributed by atoms with E-state index in [9.17, 15) is 0 Å². The number of fused-ring (bicyclic) bond motifs is 4. The summed E-state index contributed by atoms with van der Waals surface area (Å²) in [6.07, 6.45) is 1.96. The molecule has 2 aromatic heterocycles. The molecule has 0 bridgehead atoms. The Morgan fingerprint density at radius 2 is 1.03 bits per heavy atom. The third-order valence-corrected chi connectivity index (χ3v) is 16.9. The second-order valence-corrected chi connectivity index (χ2v) is 25.8. The van der Waals surface area contributed by atoms with E-state index in [4.69, 9.17) is 9.72 Å². The van der Waals surface area contributed by atoms with Crippen LogP contribution in [0, 0.1) is 0 Å². The highest BCUT2D eigenvalue weighted by molar-refractivity contribution is 6.12. The highest BCUT2D eigenvalue weighted by Crippen LogP contribution is 2.51. The lowest BCUT2D eigenvalue weighted by Crippen LogP contribution is -2.25. The fraction of sp³-hybridized carbons (Fsp3) is 0.284. The van der Waals surface area contributed by atoms with Gasteiger partial charge in [0.25, 0.3) is 0 Å². The average molecular weight is 1040 g/mol. The number of hydrogen-bond acceptors (Lipinski definition) is 4. The van der Waals surface area contributed by atoms with Crippen molar-refractivity contribution in [1.29, 1.82) is 0 Å². The normalized spacial score (nSPS) is 13.3. The predicted octanol–water partition coefficient (Wildman–Crippen LogP) is 20.4. The van der Waals surface area contributed by atoms with Crippen LogP contribution in [-0.2, 0) is 21.7 Å². The summed E-state index contributed by atoms with van der Waals surface area (Å²) < 4.78 is 9.80. The van der Waals surface area contributed by atoms with Gasteiger partial charge in [-0.15, -0.1) is 0 Å². The zero-order chi connectivity index (χ0) is 55.8. The first kappa shape index (κ1) is 53.1. The SMILES string of the molecule is CC(C)c1cccc(C(C)C)c1-c1ccc2c(c1)N(c1cc(Oc3cc(C(C)(C)c4ccccc4)c4c5ccccc5n(-c5cc(C(C)(C)C)ccn5)c4c3)cc(C(C)(C)C)c1)CN2c1cccc(C(C)(C)c2ccccc2)c1. The standard InChI is InChI=1S/C74H78N4O/c1-48(2)60-32-24-33-61(49(3)4)69(60)50-35-36-65-66(39-50)77(47-76(65)56-30-23-29-54(40-56)73(11,12)51-25-17-15-18-26-51)57-41-55(72(8,9)10)42-58(44-57)79-59-45-63(74(13,14)52-27-19-16-20-28-52)70-62-31-21-22-34-64(62)78(67(70)46-59)68-43-53(37-38-75-68)71(5,6)7/h15-46,48-49H,47H2,1-14H3. The van der Waals surface area contributed by atoms with Gasteiger partial charge in [0, 0.05) is 51.3 Å². The van der Waals surface area contributed by atoms with E-state index in [1.165, 1.54) is 77.8 Å². The maximum Gasteiger partial charge on any atom is 0.137 e. The van der Waals surface area contributed by atoms with Crippen molar-refractivity contribution in [3.8, 4) is 28.4 Å². The van der Waals surface area contributed by atoms with Gasteiger partial charge in [0.2, 0.25) is 0 Å². The van der Waals surface area contributed by atoms with Gasteiger partial charge in [-0.3, -0.25) is 4.57 Å². The summed E-state index contributed by atoms with van der Waals surface area (Å²) in [7, 11) is 0. The molecular weight excluding hydrogens is 961 g/mol. The number of aromatic nitrogens is 2. The molecule has 5 nitrogen and oxygen atoms in total. The topological polar surface area (TPSA) is 33.5 Å². The Morgan fingerprint density at radius 1 is 0.443 bits per heavy atom. The minimum absolute atomic E-state index is 0.0612. The molecule has 0 saturated carbocycles. The second kappa shape index (κ2) is 20.1. The summed E-state index contributed by atoms with van der Waals surface area (Å²) in [5.74, 6) is 3.17. The molecule has 0 fully saturated rings. The molecule has 0 aliphatic carbocycles. The molecule has 11 rings (SSSR count). The number of benzene rings is 8. The molecule has 0 amide bonds. The van der Waals surface area contributed by atoms with E-state index in [0.29, 0.717) is 18.5 Å². The van der Waals surface area contributed by atoms with E-state index < -0.39 is 5.41 Å². The molecule has 0 N–H and O–H groups in total. The average Bonchev–Trinajstić information content (AvgIpc) is 4.00. The Kier molecular flexibility index (Phi) is 13.5. The predicted molar refractivity (Wildman–Crippen MR) is 335 cm³/mol. The van der Waals surface area contributed by atoms with Gasteiger partial charge in [0.1, 0.15) is 24.0 Å². The van der Waals surface area contributed by atoms with Crippen LogP contribution in [0.25, 0.3) is 38.8 Å². The summed E-state index contributed by atoms with van der Waals surface area (Å²) >= 11 is 0. The van der Waals surface area contributed by atoms with Gasteiger partial charge in [-0.1, -0.05) is 212 Å².